The lowest BCUT2D eigenvalue weighted by Gasteiger charge is -2.12. The van der Waals surface area contributed by atoms with Gasteiger partial charge in [0.15, 0.2) is 5.69 Å². The number of carboxylic acid groups (broad SMARTS) is 1. The Kier molecular flexibility index (Phi) is 3.09. The number of aromatic carboxylic acids is 1. The van der Waals surface area contributed by atoms with Crippen LogP contribution in [0.3, 0.4) is 0 Å². The SMILES string of the molecule is COCC1CCN(c2nc(C(=O)O)co2)C1. The van der Waals surface area contributed by atoms with Crippen LogP contribution in [-0.4, -0.2) is 42.9 Å². The van der Waals surface area contributed by atoms with Crippen LogP contribution in [0.4, 0.5) is 6.01 Å². The molecule has 16 heavy (non-hydrogen) atoms. The number of ether oxygens (including phenoxy) is 1. The molecule has 1 aliphatic rings. The third-order valence-electron chi connectivity index (χ3n) is 2.67. The van der Waals surface area contributed by atoms with E-state index in [1.807, 2.05) is 4.90 Å². The Labute approximate surface area is 92.8 Å². The molecular weight excluding hydrogens is 212 g/mol. The first-order valence-electron chi connectivity index (χ1n) is 5.13. The molecule has 2 heterocycles. The molecule has 6 nitrogen and oxygen atoms in total. The van der Waals surface area contributed by atoms with Gasteiger partial charge in [-0.25, -0.2) is 4.79 Å². The number of hydrogen-bond acceptors (Lipinski definition) is 5. The van der Waals surface area contributed by atoms with Crippen molar-refractivity contribution in [2.45, 2.75) is 6.42 Å². The Balaban J connectivity index is 2.00. The first-order valence-corrected chi connectivity index (χ1v) is 5.13. The monoisotopic (exact) mass is 226 g/mol. The van der Waals surface area contributed by atoms with E-state index in [-0.39, 0.29) is 5.69 Å². The summed E-state index contributed by atoms with van der Waals surface area (Å²) >= 11 is 0. The maximum atomic E-state index is 10.6. The molecular formula is C10H14N2O4. The van der Waals surface area contributed by atoms with Crippen LogP contribution in [0, 0.1) is 5.92 Å². The predicted octanol–water partition coefficient (Wildman–Crippen LogP) is 0.845. The van der Waals surface area contributed by atoms with Gasteiger partial charge < -0.3 is 19.2 Å². The first-order chi connectivity index (χ1) is 7.70. The molecule has 1 saturated heterocycles. The van der Waals surface area contributed by atoms with Crippen LogP contribution in [0.5, 0.6) is 0 Å². The Morgan fingerprint density at radius 1 is 1.81 bits per heavy atom. The summed E-state index contributed by atoms with van der Waals surface area (Å²) in [6.07, 6.45) is 2.18. The van der Waals surface area contributed by atoms with Crippen LogP contribution < -0.4 is 4.90 Å². The lowest BCUT2D eigenvalue weighted by atomic mass is 10.1. The molecule has 0 aliphatic carbocycles. The molecule has 0 radical (unpaired) electrons. The Bertz CT molecular complexity index is 377. The van der Waals surface area contributed by atoms with Crippen molar-refractivity contribution >= 4 is 12.0 Å². The van der Waals surface area contributed by atoms with E-state index in [9.17, 15) is 4.79 Å². The highest BCUT2D eigenvalue weighted by atomic mass is 16.5. The summed E-state index contributed by atoms with van der Waals surface area (Å²) in [5.74, 6) is -0.604. The number of nitrogens with zero attached hydrogens (tertiary/aromatic N) is 2. The van der Waals surface area contributed by atoms with E-state index in [2.05, 4.69) is 4.98 Å². The number of hydrogen-bond donors (Lipinski definition) is 1. The average molecular weight is 226 g/mol. The zero-order valence-electron chi connectivity index (χ0n) is 9.05. The molecule has 1 aliphatic heterocycles. The van der Waals surface area contributed by atoms with Gasteiger partial charge in [0.1, 0.15) is 6.26 Å². The number of anilines is 1. The van der Waals surface area contributed by atoms with Gasteiger partial charge in [0.25, 0.3) is 6.01 Å². The summed E-state index contributed by atoms with van der Waals surface area (Å²) in [4.78, 5) is 16.5. The fourth-order valence-electron chi connectivity index (χ4n) is 1.89. The normalized spacial score (nSPS) is 20.3. The largest absolute Gasteiger partial charge is 0.476 e. The van der Waals surface area contributed by atoms with Crippen molar-refractivity contribution in [3.63, 3.8) is 0 Å². The molecule has 0 aromatic carbocycles. The van der Waals surface area contributed by atoms with Crippen LogP contribution >= 0.6 is 0 Å². The van der Waals surface area contributed by atoms with Crippen molar-refractivity contribution < 1.29 is 19.1 Å². The number of carboxylic acids is 1. The van der Waals surface area contributed by atoms with Gasteiger partial charge in [-0.2, -0.15) is 4.98 Å². The summed E-state index contributed by atoms with van der Waals surface area (Å²) < 4.78 is 10.2. The molecule has 0 saturated carbocycles. The van der Waals surface area contributed by atoms with Gasteiger partial charge in [0, 0.05) is 26.1 Å². The first kappa shape index (κ1) is 10.9. The van der Waals surface area contributed by atoms with Crippen molar-refractivity contribution in [2.75, 3.05) is 31.7 Å². The zero-order valence-corrected chi connectivity index (χ0v) is 9.05. The lowest BCUT2D eigenvalue weighted by Crippen LogP contribution is -2.21. The van der Waals surface area contributed by atoms with Crippen molar-refractivity contribution in [1.82, 2.24) is 4.98 Å². The highest BCUT2D eigenvalue weighted by Crippen LogP contribution is 2.23. The second-order valence-electron chi connectivity index (χ2n) is 3.88. The van der Waals surface area contributed by atoms with E-state index in [0.29, 0.717) is 18.5 Å². The summed E-state index contributed by atoms with van der Waals surface area (Å²) in [5.41, 5.74) is -0.0507. The molecule has 6 heteroatoms. The third-order valence-corrected chi connectivity index (χ3v) is 2.67. The molecule has 1 N–H and O–H groups in total. The maximum Gasteiger partial charge on any atom is 0.357 e. The van der Waals surface area contributed by atoms with Gasteiger partial charge >= 0.3 is 5.97 Å². The van der Waals surface area contributed by atoms with Crippen molar-refractivity contribution in [3.05, 3.63) is 12.0 Å². The number of rotatable bonds is 4. The van der Waals surface area contributed by atoms with Gasteiger partial charge in [0.05, 0.1) is 6.61 Å². The molecule has 1 aromatic rings. The van der Waals surface area contributed by atoms with Crippen molar-refractivity contribution in [2.24, 2.45) is 5.92 Å². The zero-order chi connectivity index (χ0) is 11.5. The number of carbonyl (C=O) groups is 1. The summed E-state index contributed by atoms with van der Waals surface area (Å²) in [6.45, 7) is 2.34. The molecule has 0 spiro atoms. The molecule has 0 bridgehead atoms. The quantitative estimate of drug-likeness (QED) is 0.820. The molecule has 0 amide bonds. The smallest absolute Gasteiger partial charge is 0.357 e. The molecule has 1 fully saturated rings. The minimum absolute atomic E-state index is 0.0507. The molecule has 2 rings (SSSR count). The number of aromatic nitrogens is 1. The van der Waals surface area contributed by atoms with Crippen molar-refractivity contribution in [3.8, 4) is 0 Å². The average Bonchev–Trinajstić information content (AvgIpc) is 2.84. The minimum atomic E-state index is -1.07. The fourth-order valence-corrected chi connectivity index (χ4v) is 1.89. The topological polar surface area (TPSA) is 75.8 Å². The lowest BCUT2D eigenvalue weighted by molar-refractivity contribution is 0.0690. The number of methoxy groups -OCH3 is 1. The van der Waals surface area contributed by atoms with E-state index in [0.717, 1.165) is 19.5 Å². The van der Waals surface area contributed by atoms with E-state index >= 15 is 0 Å². The Morgan fingerprint density at radius 3 is 3.25 bits per heavy atom. The predicted molar refractivity (Wildman–Crippen MR) is 55.7 cm³/mol. The maximum absolute atomic E-state index is 10.6. The molecule has 1 aromatic heterocycles. The van der Waals surface area contributed by atoms with E-state index < -0.39 is 5.97 Å². The Morgan fingerprint density at radius 2 is 2.62 bits per heavy atom. The number of oxazole rings is 1. The van der Waals surface area contributed by atoms with Gasteiger partial charge in [-0.1, -0.05) is 0 Å². The van der Waals surface area contributed by atoms with Gasteiger partial charge in [-0.3, -0.25) is 0 Å². The van der Waals surface area contributed by atoms with Crippen LogP contribution in [0.2, 0.25) is 0 Å². The van der Waals surface area contributed by atoms with Crippen LogP contribution in [0.25, 0.3) is 0 Å². The summed E-state index contributed by atoms with van der Waals surface area (Å²) in [5, 5.41) is 8.72. The molecule has 1 unspecified atom stereocenters. The Hall–Kier alpha value is -1.56. The van der Waals surface area contributed by atoms with Crippen LogP contribution in [0.15, 0.2) is 10.7 Å². The highest BCUT2D eigenvalue weighted by Gasteiger charge is 2.26. The third kappa shape index (κ3) is 2.16. The highest BCUT2D eigenvalue weighted by molar-refractivity contribution is 5.85. The van der Waals surface area contributed by atoms with E-state index in [4.69, 9.17) is 14.3 Å². The van der Waals surface area contributed by atoms with Crippen LogP contribution in [0.1, 0.15) is 16.9 Å². The second kappa shape index (κ2) is 4.52. The minimum Gasteiger partial charge on any atom is -0.476 e. The second-order valence-corrected chi connectivity index (χ2v) is 3.88. The van der Waals surface area contributed by atoms with Gasteiger partial charge in [-0.05, 0) is 6.42 Å². The van der Waals surface area contributed by atoms with Crippen molar-refractivity contribution in [1.29, 1.82) is 0 Å². The summed E-state index contributed by atoms with van der Waals surface area (Å²) in [7, 11) is 1.68. The van der Waals surface area contributed by atoms with E-state index in [1.165, 1.54) is 6.26 Å². The molecule has 88 valence electrons. The fraction of sp³-hybridized carbons (Fsp3) is 0.600. The van der Waals surface area contributed by atoms with Gasteiger partial charge in [0.2, 0.25) is 0 Å². The van der Waals surface area contributed by atoms with Crippen LogP contribution in [-0.2, 0) is 4.74 Å². The molecule has 1 atom stereocenters. The van der Waals surface area contributed by atoms with Gasteiger partial charge in [-0.15, -0.1) is 0 Å². The summed E-state index contributed by atoms with van der Waals surface area (Å²) in [6, 6.07) is 0.385. The standard InChI is InChI=1S/C10H14N2O4/c1-15-5-7-2-3-12(4-7)10-11-8(6-16-10)9(13)14/h6-7H,2-5H2,1H3,(H,13,14). The van der Waals surface area contributed by atoms with E-state index in [1.54, 1.807) is 7.11 Å².